The van der Waals surface area contributed by atoms with Crippen molar-refractivity contribution in [2.24, 2.45) is 5.92 Å². The standard InChI is InChI=1S/C21H23FN2O/c22-20-9-5-4-8-17(20)18-14-19(18)21(25)24-12-10-23(11-13-24)15-16-6-2-1-3-7-16/h1-9,18-19H,10-15H2. The summed E-state index contributed by atoms with van der Waals surface area (Å²) < 4.78 is 13.9. The molecule has 1 saturated heterocycles. The van der Waals surface area contributed by atoms with Gasteiger partial charge in [0.15, 0.2) is 0 Å². The van der Waals surface area contributed by atoms with E-state index in [1.807, 2.05) is 23.1 Å². The first kappa shape index (κ1) is 16.3. The summed E-state index contributed by atoms with van der Waals surface area (Å²) >= 11 is 0. The molecule has 2 unspecified atom stereocenters. The molecule has 3 nitrogen and oxygen atoms in total. The van der Waals surface area contributed by atoms with Crippen molar-refractivity contribution in [2.75, 3.05) is 26.2 Å². The van der Waals surface area contributed by atoms with Gasteiger partial charge in [-0.15, -0.1) is 0 Å². The lowest BCUT2D eigenvalue weighted by Crippen LogP contribution is -2.48. The first-order valence-corrected chi connectivity index (χ1v) is 9.02. The van der Waals surface area contributed by atoms with Gasteiger partial charge in [-0.3, -0.25) is 9.69 Å². The summed E-state index contributed by atoms with van der Waals surface area (Å²) in [7, 11) is 0. The highest BCUT2D eigenvalue weighted by atomic mass is 19.1. The van der Waals surface area contributed by atoms with E-state index < -0.39 is 0 Å². The zero-order valence-electron chi connectivity index (χ0n) is 14.3. The molecule has 0 aromatic heterocycles. The van der Waals surface area contributed by atoms with Crippen molar-refractivity contribution >= 4 is 5.91 Å². The molecular formula is C21H23FN2O. The van der Waals surface area contributed by atoms with E-state index in [4.69, 9.17) is 0 Å². The summed E-state index contributed by atoms with van der Waals surface area (Å²) in [6, 6.07) is 17.3. The first-order chi connectivity index (χ1) is 12.2. The zero-order chi connectivity index (χ0) is 17.2. The van der Waals surface area contributed by atoms with Crippen LogP contribution in [0.2, 0.25) is 0 Å². The molecule has 25 heavy (non-hydrogen) atoms. The van der Waals surface area contributed by atoms with Crippen molar-refractivity contribution in [1.82, 2.24) is 9.80 Å². The summed E-state index contributed by atoms with van der Waals surface area (Å²) in [5.41, 5.74) is 2.01. The number of piperazine rings is 1. The first-order valence-electron chi connectivity index (χ1n) is 9.02. The molecule has 2 fully saturated rings. The molecule has 1 saturated carbocycles. The minimum Gasteiger partial charge on any atom is -0.340 e. The Morgan fingerprint density at radius 3 is 2.36 bits per heavy atom. The van der Waals surface area contributed by atoms with Crippen LogP contribution in [-0.4, -0.2) is 41.9 Å². The van der Waals surface area contributed by atoms with Gasteiger partial charge in [0.05, 0.1) is 0 Å². The van der Waals surface area contributed by atoms with E-state index in [0.717, 1.165) is 39.1 Å². The highest BCUT2D eigenvalue weighted by Gasteiger charge is 2.47. The average Bonchev–Trinajstić information content (AvgIpc) is 3.44. The van der Waals surface area contributed by atoms with Crippen molar-refractivity contribution in [1.29, 1.82) is 0 Å². The maximum Gasteiger partial charge on any atom is 0.226 e. The van der Waals surface area contributed by atoms with Crippen molar-refractivity contribution in [3.05, 3.63) is 71.5 Å². The molecule has 0 N–H and O–H groups in total. The second-order valence-corrected chi connectivity index (χ2v) is 7.06. The van der Waals surface area contributed by atoms with E-state index in [0.29, 0.717) is 5.56 Å². The fraction of sp³-hybridized carbons (Fsp3) is 0.381. The van der Waals surface area contributed by atoms with Crippen molar-refractivity contribution < 1.29 is 9.18 Å². The normalized spacial score (nSPS) is 23.5. The number of nitrogens with zero attached hydrogens (tertiary/aromatic N) is 2. The van der Waals surface area contributed by atoms with Gasteiger partial charge in [-0.05, 0) is 29.5 Å². The van der Waals surface area contributed by atoms with Gasteiger partial charge in [0.25, 0.3) is 0 Å². The predicted molar refractivity (Wildman–Crippen MR) is 95.5 cm³/mol. The van der Waals surface area contributed by atoms with Crippen LogP contribution in [0.15, 0.2) is 54.6 Å². The van der Waals surface area contributed by atoms with Crippen LogP contribution < -0.4 is 0 Å². The van der Waals surface area contributed by atoms with Crippen LogP contribution >= 0.6 is 0 Å². The number of halogens is 1. The second-order valence-electron chi connectivity index (χ2n) is 7.06. The Kier molecular flexibility index (Phi) is 4.53. The maximum absolute atomic E-state index is 13.9. The summed E-state index contributed by atoms with van der Waals surface area (Å²) in [4.78, 5) is 17.1. The maximum atomic E-state index is 13.9. The number of amides is 1. The largest absolute Gasteiger partial charge is 0.340 e. The van der Waals surface area contributed by atoms with Gasteiger partial charge < -0.3 is 4.90 Å². The average molecular weight is 338 g/mol. The Bertz CT molecular complexity index is 741. The fourth-order valence-corrected chi connectivity index (χ4v) is 3.79. The topological polar surface area (TPSA) is 23.6 Å². The van der Waals surface area contributed by atoms with Gasteiger partial charge in [0, 0.05) is 38.6 Å². The van der Waals surface area contributed by atoms with E-state index in [1.54, 1.807) is 6.07 Å². The fourth-order valence-electron chi connectivity index (χ4n) is 3.79. The summed E-state index contributed by atoms with van der Waals surface area (Å²) in [6.07, 6.45) is 0.782. The van der Waals surface area contributed by atoms with Crippen molar-refractivity contribution in [3.8, 4) is 0 Å². The Balaban J connectivity index is 1.30. The molecule has 1 aliphatic heterocycles. The molecular weight excluding hydrogens is 315 g/mol. The van der Waals surface area contributed by atoms with E-state index in [1.165, 1.54) is 11.6 Å². The third-order valence-electron chi connectivity index (χ3n) is 5.35. The number of carbonyl (C=O) groups is 1. The van der Waals surface area contributed by atoms with E-state index >= 15 is 0 Å². The zero-order valence-corrected chi connectivity index (χ0v) is 14.3. The van der Waals surface area contributed by atoms with Gasteiger partial charge >= 0.3 is 0 Å². The number of hydrogen-bond acceptors (Lipinski definition) is 2. The molecule has 2 aliphatic rings. The smallest absolute Gasteiger partial charge is 0.226 e. The van der Waals surface area contributed by atoms with Crippen LogP contribution in [0.4, 0.5) is 4.39 Å². The van der Waals surface area contributed by atoms with E-state index in [9.17, 15) is 9.18 Å². The molecule has 0 bridgehead atoms. The van der Waals surface area contributed by atoms with Gasteiger partial charge in [0.2, 0.25) is 5.91 Å². The number of carbonyl (C=O) groups excluding carboxylic acids is 1. The molecule has 2 aromatic carbocycles. The Morgan fingerprint density at radius 2 is 1.64 bits per heavy atom. The second kappa shape index (κ2) is 6.96. The van der Waals surface area contributed by atoms with E-state index in [-0.39, 0.29) is 23.6 Å². The van der Waals surface area contributed by atoms with Crippen molar-refractivity contribution in [3.63, 3.8) is 0 Å². The van der Waals surface area contributed by atoms with Gasteiger partial charge in [-0.25, -0.2) is 4.39 Å². The Labute approximate surface area is 148 Å². The van der Waals surface area contributed by atoms with Crippen molar-refractivity contribution in [2.45, 2.75) is 18.9 Å². The predicted octanol–water partition coefficient (Wildman–Crippen LogP) is 3.27. The molecule has 2 atom stereocenters. The highest BCUT2D eigenvalue weighted by molar-refractivity contribution is 5.83. The molecule has 130 valence electrons. The van der Waals surface area contributed by atoms with Gasteiger partial charge in [-0.1, -0.05) is 48.5 Å². The van der Waals surface area contributed by atoms with Crippen LogP contribution in [0.5, 0.6) is 0 Å². The Morgan fingerprint density at radius 1 is 0.960 bits per heavy atom. The Hall–Kier alpha value is -2.20. The number of benzene rings is 2. The number of hydrogen-bond donors (Lipinski definition) is 0. The molecule has 0 spiro atoms. The van der Waals surface area contributed by atoms with E-state index in [2.05, 4.69) is 29.2 Å². The molecule has 2 aromatic rings. The molecule has 4 rings (SSSR count). The van der Waals surface area contributed by atoms with Crippen LogP contribution in [0, 0.1) is 11.7 Å². The molecule has 1 heterocycles. The van der Waals surface area contributed by atoms with Gasteiger partial charge in [-0.2, -0.15) is 0 Å². The molecule has 4 heteroatoms. The van der Waals surface area contributed by atoms with Crippen LogP contribution in [0.25, 0.3) is 0 Å². The summed E-state index contributed by atoms with van der Waals surface area (Å²) in [6.45, 7) is 4.28. The quantitative estimate of drug-likeness (QED) is 0.854. The van der Waals surface area contributed by atoms with Gasteiger partial charge in [0.1, 0.15) is 5.82 Å². The summed E-state index contributed by atoms with van der Waals surface area (Å²) in [5, 5.41) is 0. The molecule has 1 aliphatic carbocycles. The molecule has 1 amide bonds. The minimum atomic E-state index is -0.185. The molecule has 0 radical (unpaired) electrons. The number of rotatable bonds is 4. The van der Waals surface area contributed by atoms with Crippen LogP contribution in [0.1, 0.15) is 23.5 Å². The third-order valence-corrected chi connectivity index (χ3v) is 5.35. The lowest BCUT2D eigenvalue weighted by molar-refractivity contribution is -0.134. The third kappa shape index (κ3) is 3.59. The summed E-state index contributed by atoms with van der Waals surface area (Å²) in [5.74, 6) is 0.0525. The lowest BCUT2D eigenvalue weighted by Gasteiger charge is -2.35. The minimum absolute atomic E-state index is 0.0300. The highest BCUT2D eigenvalue weighted by Crippen LogP contribution is 2.49. The SMILES string of the molecule is O=C(C1CC1c1ccccc1F)N1CCN(Cc2ccccc2)CC1. The monoisotopic (exact) mass is 338 g/mol. The van der Waals surface area contributed by atoms with Crippen LogP contribution in [-0.2, 0) is 11.3 Å². The lowest BCUT2D eigenvalue weighted by atomic mass is 10.1. The van der Waals surface area contributed by atoms with Crippen LogP contribution in [0.3, 0.4) is 0 Å².